The predicted octanol–water partition coefficient (Wildman–Crippen LogP) is 5.33. The van der Waals surface area contributed by atoms with Crippen molar-refractivity contribution in [3.63, 3.8) is 0 Å². The zero-order valence-corrected chi connectivity index (χ0v) is 17.3. The van der Waals surface area contributed by atoms with E-state index in [0.717, 1.165) is 17.2 Å². The van der Waals surface area contributed by atoms with Gasteiger partial charge in [-0.1, -0.05) is 12.1 Å². The number of carbonyl (C=O) groups excluding carboxylic acids is 1. The van der Waals surface area contributed by atoms with Crippen LogP contribution in [0.15, 0.2) is 72.8 Å². The van der Waals surface area contributed by atoms with Crippen molar-refractivity contribution in [1.82, 2.24) is 0 Å². The molecule has 6 heteroatoms. The first-order valence-corrected chi connectivity index (χ1v) is 9.80. The van der Waals surface area contributed by atoms with Gasteiger partial charge >= 0.3 is 0 Å². The van der Waals surface area contributed by atoms with Crippen LogP contribution in [0.4, 0.5) is 11.4 Å². The van der Waals surface area contributed by atoms with Crippen LogP contribution in [0.3, 0.4) is 0 Å². The number of benzene rings is 3. The number of hydrogen-bond donors (Lipinski definition) is 2. The second kappa shape index (κ2) is 10.2. The highest BCUT2D eigenvalue weighted by Crippen LogP contribution is 2.26. The Morgan fingerprint density at radius 1 is 0.900 bits per heavy atom. The maximum Gasteiger partial charge on any atom is 0.246 e. The lowest BCUT2D eigenvalue weighted by Crippen LogP contribution is -2.31. The molecule has 0 aliphatic heterocycles. The van der Waals surface area contributed by atoms with Crippen LogP contribution < -0.4 is 24.8 Å². The molecule has 3 aromatic rings. The van der Waals surface area contributed by atoms with Crippen molar-refractivity contribution < 1.29 is 19.0 Å². The van der Waals surface area contributed by atoms with Crippen molar-refractivity contribution in [3.8, 4) is 23.0 Å². The summed E-state index contributed by atoms with van der Waals surface area (Å²) in [6, 6.07) is 21.8. The number of nitrogens with one attached hydrogen (secondary N) is 2. The Balaban J connectivity index is 1.56. The van der Waals surface area contributed by atoms with Gasteiger partial charge in [-0.3, -0.25) is 4.79 Å². The van der Waals surface area contributed by atoms with Gasteiger partial charge in [0.2, 0.25) is 5.91 Å². The lowest BCUT2D eigenvalue weighted by atomic mass is 10.2. The average molecular weight is 406 g/mol. The third kappa shape index (κ3) is 5.67. The number of para-hydroxylation sites is 2. The number of ether oxygens (including phenoxy) is 3. The molecule has 0 saturated heterocycles. The first-order valence-electron chi connectivity index (χ1n) is 9.80. The third-order valence-corrected chi connectivity index (χ3v) is 4.37. The van der Waals surface area contributed by atoms with Gasteiger partial charge in [0.1, 0.15) is 29.0 Å². The molecule has 0 aromatic heterocycles. The summed E-state index contributed by atoms with van der Waals surface area (Å²) >= 11 is 0. The molecule has 1 amide bonds. The quantitative estimate of drug-likeness (QED) is 0.503. The van der Waals surface area contributed by atoms with E-state index in [1.165, 1.54) is 0 Å². The van der Waals surface area contributed by atoms with E-state index in [0.29, 0.717) is 23.8 Å². The molecule has 0 spiro atoms. The van der Waals surface area contributed by atoms with E-state index < -0.39 is 6.04 Å². The van der Waals surface area contributed by atoms with Gasteiger partial charge in [0.05, 0.1) is 19.4 Å². The summed E-state index contributed by atoms with van der Waals surface area (Å²) in [5.41, 5.74) is 1.45. The van der Waals surface area contributed by atoms with Crippen molar-refractivity contribution >= 4 is 17.3 Å². The number of hydrogen-bond acceptors (Lipinski definition) is 5. The molecule has 2 N–H and O–H groups in total. The molecule has 0 unspecified atom stereocenters. The minimum Gasteiger partial charge on any atom is -0.495 e. The Hall–Kier alpha value is -3.67. The number of rotatable bonds is 9. The van der Waals surface area contributed by atoms with Crippen LogP contribution in [0.2, 0.25) is 0 Å². The summed E-state index contributed by atoms with van der Waals surface area (Å²) in [6.07, 6.45) is 0. The Bertz CT molecular complexity index is 956. The molecule has 0 fully saturated rings. The second-order valence-corrected chi connectivity index (χ2v) is 6.59. The van der Waals surface area contributed by atoms with E-state index in [2.05, 4.69) is 10.6 Å². The summed E-state index contributed by atoms with van der Waals surface area (Å²) in [6.45, 7) is 4.38. The zero-order valence-electron chi connectivity index (χ0n) is 17.3. The topological polar surface area (TPSA) is 68.8 Å². The van der Waals surface area contributed by atoms with E-state index in [1.807, 2.05) is 67.6 Å². The molecular formula is C24H26N2O4. The second-order valence-electron chi connectivity index (χ2n) is 6.59. The van der Waals surface area contributed by atoms with Gasteiger partial charge in [-0.15, -0.1) is 0 Å². The molecule has 156 valence electrons. The fraction of sp³-hybridized carbons (Fsp3) is 0.208. The van der Waals surface area contributed by atoms with E-state index in [9.17, 15) is 4.79 Å². The highest BCUT2D eigenvalue weighted by Gasteiger charge is 2.14. The Morgan fingerprint density at radius 3 is 2.13 bits per heavy atom. The number of methoxy groups -OCH3 is 1. The van der Waals surface area contributed by atoms with Crippen LogP contribution in [-0.2, 0) is 4.79 Å². The van der Waals surface area contributed by atoms with Gasteiger partial charge in [-0.05, 0) is 74.5 Å². The molecule has 3 rings (SSSR count). The first kappa shape index (κ1) is 21.0. The van der Waals surface area contributed by atoms with Crippen LogP contribution in [-0.4, -0.2) is 25.7 Å². The van der Waals surface area contributed by atoms with Crippen molar-refractivity contribution in [2.45, 2.75) is 19.9 Å². The monoisotopic (exact) mass is 406 g/mol. The average Bonchev–Trinajstić information content (AvgIpc) is 2.77. The SMILES string of the molecule is CCOc1ccc(Oc2ccc(N[C@@H](C)C(=O)Nc3ccccc3OC)cc2)cc1. The minimum atomic E-state index is -0.437. The van der Waals surface area contributed by atoms with Crippen molar-refractivity contribution in [1.29, 1.82) is 0 Å². The zero-order chi connectivity index (χ0) is 21.3. The molecule has 0 bridgehead atoms. The van der Waals surface area contributed by atoms with Crippen LogP contribution in [0, 0.1) is 0 Å². The van der Waals surface area contributed by atoms with Gasteiger partial charge in [0, 0.05) is 5.69 Å². The molecule has 1 atom stereocenters. The van der Waals surface area contributed by atoms with Gasteiger partial charge in [0.15, 0.2) is 0 Å². The van der Waals surface area contributed by atoms with Crippen LogP contribution >= 0.6 is 0 Å². The molecule has 0 aliphatic rings. The van der Waals surface area contributed by atoms with E-state index in [4.69, 9.17) is 14.2 Å². The number of amides is 1. The number of carbonyl (C=O) groups is 1. The van der Waals surface area contributed by atoms with Crippen LogP contribution in [0.25, 0.3) is 0 Å². The van der Waals surface area contributed by atoms with Crippen molar-refractivity contribution in [3.05, 3.63) is 72.8 Å². The van der Waals surface area contributed by atoms with Gasteiger partial charge < -0.3 is 24.8 Å². The van der Waals surface area contributed by atoms with Crippen LogP contribution in [0.1, 0.15) is 13.8 Å². The predicted molar refractivity (Wildman–Crippen MR) is 119 cm³/mol. The molecule has 0 radical (unpaired) electrons. The maximum atomic E-state index is 12.5. The highest BCUT2D eigenvalue weighted by molar-refractivity contribution is 5.97. The molecule has 0 aliphatic carbocycles. The smallest absolute Gasteiger partial charge is 0.246 e. The molecule has 6 nitrogen and oxygen atoms in total. The lowest BCUT2D eigenvalue weighted by molar-refractivity contribution is -0.116. The van der Waals surface area contributed by atoms with Crippen molar-refractivity contribution in [2.24, 2.45) is 0 Å². The summed E-state index contributed by atoms with van der Waals surface area (Å²) < 4.78 is 16.5. The summed E-state index contributed by atoms with van der Waals surface area (Å²) in [5, 5.41) is 6.06. The van der Waals surface area contributed by atoms with Gasteiger partial charge in [-0.25, -0.2) is 0 Å². The lowest BCUT2D eigenvalue weighted by Gasteiger charge is -2.17. The maximum absolute atomic E-state index is 12.5. The largest absolute Gasteiger partial charge is 0.495 e. The van der Waals surface area contributed by atoms with E-state index in [-0.39, 0.29) is 5.91 Å². The van der Waals surface area contributed by atoms with Gasteiger partial charge in [-0.2, -0.15) is 0 Å². The molecule has 30 heavy (non-hydrogen) atoms. The fourth-order valence-electron chi connectivity index (χ4n) is 2.83. The molecular weight excluding hydrogens is 380 g/mol. The normalized spacial score (nSPS) is 11.3. The number of anilines is 2. The Labute approximate surface area is 176 Å². The minimum absolute atomic E-state index is 0.158. The third-order valence-electron chi connectivity index (χ3n) is 4.37. The first-order chi connectivity index (χ1) is 14.6. The summed E-state index contributed by atoms with van der Waals surface area (Å²) in [7, 11) is 1.57. The van der Waals surface area contributed by atoms with Crippen molar-refractivity contribution in [2.75, 3.05) is 24.4 Å². The standard InChI is InChI=1S/C24H26N2O4/c1-4-29-19-13-15-21(16-14-19)30-20-11-9-18(10-12-20)25-17(2)24(27)26-22-7-5-6-8-23(22)28-3/h5-17,25H,4H2,1-3H3,(H,26,27)/t17-/m0/s1. The Kier molecular flexibility index (Phi) is 7.16. The van der Waals surface area contributed by atoms with E-state index in [1.54, 1.807) is 26.2 Å². The Morgan fingerprint density at radius 2 is 1.50 bits per heavy atom. The van der Waals surface area contributed by atoms with E-state index >= 15 is 0 Å². The highest BCUT2D eigenvalue weighted by atomic mass is 16.5. The summed E-state index contributed by atoms with van der Waals surface area (Å²) in [5.74, 6) is 2.70. The fourth-order valence-corrected chi connectivity index (χ4v) is 2.83. The molecule has 0 heterocycles. The molecule has 3 aromatic carbocycles. The summed E-state index contributed by atoms with van der Waals surface area (Å²) in [4.78, 5) is 12.5. The van der Waals surface area contributed by atoms with Gasteiger partial charge in [0.25, 0.3) is 0 Å². The molecule has 0 saturated carbocycles. The van der Waals surface area contributed by atoms with Crippen LogP contribution in [0.5, 0.6) is 23.0 Å².